The smallest absolute Gasteiger partial charge is 0.261 e. The van der Waals surface area contributed by atoms with Crippen molar-refractivity contribution in [1.82, 2.24) is 0 Å². The molecule has 0 radical (unpaired) electrons. The molecule has 3 N–H and O–H groups in total. The van der Waals surface area contributed by atoms with E-state index in [0.717, 1.165) is 64.2 Å². The zero-order valence-electron chi connectivity index (χ0n) is 33.3. The second-order valence-electron chi connectivity index (χ2n) is 17.1. The fourth-order valence-corrected chi connectivity index (χ4v) is 14.1. The Labute approximate surface area is 321 Å². The number of hydrogen-bond acceptors (Lipinski definition) is 8. The summed E-state index contributed by atoms with van der Waals surface area (Å²) in [6.07, 6.45) is 14.3. The van der Waals surface area contributed by atoms with Gasteiger partial charge in [-0.1, -0.05) is 121 Å². The molecule has 2 aromatic rings. The second-order valence-corrected chi connectivity index (χ2v) is 21.4. The predicted octanol–water partition coefficient (Wildman–Crippen LogP) is 6.84. The van der Waals surface area contributed by atoms with E-state index in [4.69, 9.17) is 28.5 Å². The van der Waals surface area contributed by atoms with E-state index in [1.807, 2.05) is 0 Å². The van der Waals surface area contributed by atoms with Crippen molar-refractivity contribution in [3.63, 3.8) is 0 Å². The van der Waals surface area contributed by atoms with Gasteiger partial charge in [-0.15, -0.1) is 0 Å². The zero-order chi connectivity index (χ0) is 38.0. The summed E-state index contributed by atoms with van der Waals surface area (Å²) in [7, 11) is -2.54. The fourth-order valence-electron chi connectivity index (χ4n) is 9.48. The Balaban J connectivity index is 0.000000252. The number of benzene rings is 2. The third-order valence-electron chi connectivity index (χ3n) is 12.3. The maximum atomic E-state index is 10.3. The molecule has 2 aromatic carbocycles. The summed E-state index contributed by atoms with van der Waals surface area (Å²) in [5.74, 6) is 0. The molecule has 0 unspecified atom stereocenters. The van der Waals surface area contributed by atoms with E-state index in [-0.39, 0.29) is 61.5 Å². The van der Waals surface area contributed by atoms with Crippen molar-refractivity contribution in [2.45, 2.75) is 177 Å². The Morgan fingerprint density at radius 1 is 0.642 bits per heavy atom. The maximum absolute atomic E-state index is 10.3. The van der Waals surface area contributed by atoms with Gasteiger partial charge in [0.15, 0.2) is 0 Å². The van der Waals surface area contributed by atoms with Crippen LogP contribution < -0.4 is 10.4 Å². The number of aliphatic hydroxyl groups is 3. The first-order chi connectivity index (χ1) is 25.6. The van der Waals surface area contributed by atoms with Crippen LogP contribution in [0.15, 0.2) is 60.7 Å². The monoisotopic (exact) mass is 754 g/mol. The van der Waals surface area contributed by atoms with Gasteiger partial charge in [-0.3, -0.25) is 0 Å². The van der Waals surface area contributed by atoms with Crippen molar-refractivity contribution in [2.75, 3.05) is 26.4 Å². The van der Waals surface area contributed by atoms with Crippen LogP contribution in [0.5, 0.6) is 0 Å². The van der Waals surface area contributed by atoms with Gasteiger partial charge in [0.2, 0.25) is 0 Å². The van der Waals surface area contributed by atoms with Crippen LogP contribution in [0.3, 0.4) is 0 Å². The van der Waals surface area contributed by atoms with Crippen LogP contribution in [-0.2, 0) is 23.4 Å². The van der Waals surface area contributed by atoms with Gasteiger partial charge >= 0.3 is 0 Å². The highest BCUT2D eigenvalue weighted by Crippen LogP contribution is 2.45. The number of fused-ring (bicyclic) bond motifs is 2. The lowest BCUT2D eigenvalue weighted by Crippen LogP contribution is -2.66. The van der Waals surface area contributed by atoms with Crippen LogP contribution in [0.2, 0.25) is 5.04 Å². The first-order valence-corrected chi connectivity index (χ1v) is 22.7. The van der Waals surface area contributed by atoms with Crippen molar-refractivity contribution in [3.05, 3.63) is 60.7 Å². The summed E-state index contributed by atoms with van der Waals surface area (Å²) in [5, 5.41) is 31.6. The van der Waals surface area contributed by atoms with Crippen molar-refractivity contribution in [2.24, 2.45) is 0 Å². The molecule has 0 bridgehead atoms. The molecule has 0 amide bonds. The van der Waals surface area contributed by atoms with Crippen molar-refractivity contribution >= 4 is 18.7 Å². The van der Waals surface area contributed by atoms with E-state index in [9.17, 15) is 10.2 Å². The highest BCUT2D eigenvalue weighted by atomic mass is 28.4. The molecule has 53 heavy (non-hydrogen) atoms. The first-order valence-electron chi connectivity index (χ1n) is 20.8. The van der Waals surface area contributed by atoms with Crippen molar-refractivity contribution < 1.29 is 38.7 Å². The molecule has 6 rings (SSSR count). The molecule has 4 heterocycles. The molecule has 0 aromatic heterocycles. The van der Waals surface area contributed by atoms with Gasteiger partial charge < -0.3 is 38.7 Å². The number of aliphatic hydroxyl groups excluding tert-OH is 3. The fraction of sp³-hybridized carbons (Fsp3) is 0.727. The lowest BCUT2D eigenvalue weighted by atomic mass is 9.86. The molecule has 8 atom stereocenters. The van der Waals surface area contributed by atoms with Gasteiger partial charge in [0.1, 0.15) is 11.2 Å². The summed E-state index contributed by atoms with van der Waals surface area (Å²) in [5.41, 5.74) is -1.05. The summed E-state index contributed by atoms with van der Waals surface area (Å²) < 4.78 is 32.1. The molecule has 4 aliphatic heterocycles. The van der Waals surface area contributed by atoms with Gasteiger partial charge in [-0.05, 0) is 66.8 Å². The maximum Gasteiger partial charge on any atom is 0.261 e. The Hall–Kier alpha value is -1.66. The van der Waals surface area contributed by atoms with Crippen LogP contribution in [-0.4, -0.2) is 97.9 Å². The highest BCUT2D eigenvalue weighted by Gasteiger charge is 2.54. The molecule has 298 valence electrons. The number of ether oxygens (including phenoxy) is 4. The van der Waals surface area contributed by atoms with E-state index in [1.54, 1.807) is 0 Å². The summed E-state index contributed by atoms with van der Waals surface area (Å²) in [6.45, 7) is 12.2. The summed E-state index contributed by atoms with van der Waals surface area (Å²) >= 11 is 0. The van der Waals surface area contributed by atoms with Crippen LogP contribution in [0.1, 0.15) is 125 Å². The normalized spacial score (nSPS) is 31.4. The highest BCUT2D eigenvalue weighted by molar-refractivity contribution is 6.99. The largest absolute Gasteiger partial charge is 0.407 e. The SMILES string of the molecule is CCCC[C@H]1C[C@]2(CO)O[C@@H](CCO)CC[C@@H]2O1.CCCC[C@H]1C[C@]2(CO)O[C@@H](CCO[Si](c3ccccc3)(c3ccccc3)C(C)(C)C)CC[C@@H]2O1. The van der Waals surface area contributed by atoms with Crippen LogP contribution >= 0.6 is 0 Å². The lowest BCUT2D eigenvalue weighted by Gasteiger charge is -2.44. The van der Waals surface area contributed by atoms with Crippen molar-refractivity contribution in [3.8, 4) is 0 Å². The molecule has 8 nitrogen and oxygen atoms in total. The van der Waals surface area contributed by atoms with Gasteiger partial charge in [-0.25, -0.2) is 0 Å². The van der Waals surface area contributed by atoms with E-state index < -0.39 is 19.5 Å². The number of unbranched alkanes of at least 4 members (excludes halogenated alkanes) is 2. The Bertz CT molecular complexity index is 1300. The standard InChI is InChI=1S/C30H44O4Si.C14H26O4/c1-5-6-13-25-22-30(23-31)28(33-25)19-18-24(34-30)20-21-32-35(29(2,3)4,26-14-9-7-10-15-26)27-16-11-8-12-17-27;1-2-3-4-12-9-14(10-16)13(17-12)6-5-11(18-14)7-8-15/h7-12,14-17,24-25,28,31H,5-6,13,18-23H2,1-4H3;11-13,15-16H,2-10H2,1H3/t24-,25+,28+,30-;11-,12+,13+,14-/m11/s1. The Morgan fingerprint density at radius 2 is 1.09 bits per heavy atom. The molecular formula is C44H70O8Si. The molecule has 0 saturated carbocycles. The van der Waals surface area contributed by atoms with Gasteiger partial charge in [0.05, 0.1) is 49.8 Å². The predicted molar refractivity (Wildman–Crippen MR) is 213 cm³/mol. The van der Waals surface area contributed by atoms with Gasteiger partial charge in [0, 0.05) is 26.1 Å². The molecule has 0 spiro atoms. The third-order valence-corrected chi connectivity index (χ3v) is 17.3. The van der Waals surface area contributed by atoms with Gasteiger partial charge in [-0.2, -0.15) is 0 Å². The zero-order valence-corrected chi connectivity index (χ0v) is 34.3. The summed E-state index contributed by atoms with van der Waals surface area (Å²) in [4.78, 5) is 0. The molecule has 4 saturated heterocycles. The molecule has 4 fully saturated rings. The minimum absolute atomic E-state index is 0.0169. The van der Waals surface area contributed by atoms with Crippen molar-refractivity contribution in [1.29, 1.82) is 0 Å². The van der Waals surface area contributed by atoms with E-state index in [2.05, 4.69) is 95.3 Å². The Kier molecular flexibility index (Phi) is 15.6. The van der Waals surface area contributed by atoms with Crippen LogP contribution in [0, 0.1) is 0 Å². The molecule has 0 aliphatic carbocycles. The summed E-state index contributed by atoms with van der Waals surface area (Å²) in [6, 6.07) is 21.6. The second kappa shape index (κ2) is 19.5. The van der Waals surface area contributed by atoms with E-state index >= 15 is 0 Å². The van der Waals surface area contributed by atoms with Gasteiger partial charge in [0.25, 0.3) is 8.32 Å². The molecular weight excluding hydrogens is 685 g/mol. The first kappa shape index (κ1) is 42.5. The van der Waals surface area contributed by atoms with E-state index in [0.29, 0.717) is 13.0 Å². The number of hydrogen-bond donors (Lipinski definition) is 3. The minimum atomic E-state index is -2.54. The number of rotatable bonds is 16. The van der Waals surface area contributed by atoms with E-state index in [1.165, 1.54) is 29.6 Å². The lowest BCUT2D eigenvalue weighted by molar-refractivity contribution is -0.185. The average molecular weight is 755 g/mol. The average Bonchev–Trinajstić information content (AvgIpc) is 3.73. The third kappa shape index (κ3) is 9.84. The van der Waals surface area contributed by atoms with Crippen LogP contribution in [0.25, 0.3) is 0 Å². The minimum Gasteiger partial charge on any atom is -0.407 e. The Morgan fingerprint density at radius 3 is 1.49 bits per heavy atom. The quantitative estimate of drug-likeness (QED) is 0.160. The molecule has 4 aliphatic rings. The topological polar surface area (TPSA) is 107 Å². The molecule has 9 heteroatoms. The van der Waals surface area contributed by atoms with Crippen LogP contribution in [0.4, 0.5) is 0 Å².